The molecule has 0 aliphatic rings. The van der Waals surface area contributed by atoms with Gasteiger partial charge >= 0.3 is 47.7 Å². The van der Waals surface area contributed by atoms with Crippen LogP contribution in [0.15, 0.2) is 24.3 Å². The van der Waals surface area contributed by atoms with Crippen LogP contribution in [-0.2, 0) is 10.3 Å². The molecule has 0 radical (unpaired) electrons. The van der Waals surface area contributed by atoms with Gasteiger partial charge in [-0.15, -0.1) is 0 Å². The molecule has 37 heavy (non-hydrogen) atoms. The average Bonchev–Trinajstić information content (AvgIpc) is 2.71. The summed E-state index contributed by atoms with van der Waals surface area (Å²) in [5.74, 6) is -48.7. The van der Waals surface area contributed by atoms with Crippen LogP contribution in [-0.4, -0.2) is 59.4 Å². The van der Waals surface area contributed by atoms with E-state index >= 15 is 0 Å². The second-order valence-corrected chi connectivity index (χ2v) is 7.83. The number of carbonyl (C=O) groups is 1. The van der Waals surface area contributed by atoms with Crippen molar-refractivity contribution in [2.45, 2.75) is 67.6 Å². The van der Waals surface area contributed by atoms with E-state index in [1.54, 1.807) is 0 Å². The van der Waals surface area contributed by atoms with Gasteiger partial charge < -0.3 is 9.84 Å². The first kappa shape index (κ1) is 32.6. The highest BCUT2D eigenvalue weighted by molar-refractivity contribution is 5.89. The zero-order valence-corrected chi connectivity index (χ0v) is 18.2. The van der Waals surface area contributed by atoms with Crippen molar-refractivity contribution in [1.82, 2.24) is 0 Å². The molecule has 1 aromatic rings. The molecule has 0 amide bonds. The van der Waals surface area contributed by atoms with Gasteiger partial charge in [-0.2, -0.15) is 65.9 Å². The summed E-state index contributed by atoms with van der Waals surface area (Å²) in [4.78, 5) is 11.7. The Morgan fingerprint density at radius 2 is 1.19 bits per heavy atom. The molecule has 1 atom stereocenters. The van der Waals surface area contributed by atoms with Crippen LogP contribution in [0.3, 0.4) is 0 Å². The Kier molecular flexibility index (Phi) is 8.30. The lowest BCUT2D eigenvalue weighted by molar-refractivity contribution is -0.453. The average molecular weight is 576 g/mol. The molecule has 1 rings (SSSR count). The van der Waals surface area contributed by atoms with Crippen molar-refractivity contribution in [1.29, 1.82) is 0 Å². The number of hydrogen-bond acceptors (Lipinski definition) is 3. The van der Waals surface area contributed by atoms with E-state index in [1.807, 2.05) is 0 Å². The summed E-state index contributed by atoms with van der Waals surface area (Å²) in [7, 11) is 0. The van der Waals surface area contributed by atoms with Crippen molar-refractivity contribution in [2.75, 3.05) is 6.61 Å². The molecule has 0 bridgehead atoms. The third-order valence-corrected chi connectivity index (χ3v) is 4.95. The lowest BCUT2D eigenvalue weighted by Crippen LogP contribution is -2.72. The third-order valence-electron chi connectivity index (χ3n) is 4.95. The lowest BCUT2D eigenvalue weighted by Gasteiger charge is -2.42. The third kappa shape index (κ3) is 5.16. The fourth-order valence-electron chi connectivity index (χ4n) is 2.84. The molecular weight excluding hydrogens is 561 g/mol. The maximum atomic E-state index is 14.2. The first-order valence-electron chi connectivity index (χ1n) is 9.49. The fourth-order valence-corrected chi connectivity index (χ4v) is 2.84. The smallest absolute Gasteiger partial charge is 0.460 e. The van der Waals surface area contributed by atoms with E-state index < -0.39 is 70.8 Å². The molecule has 1 unspecified atom stereocenters. The number of carbonyl (C=O) groups excluding carboxylic acids is 1. The predicted molar refractivity (Wildman–Crippen MR) is 92.3 cm³/mol. The molecule has 3 nitrogen and oxygen atoms in total. The molecule has 0 aromatic heterocycles. The Morgan fingerprint density at radius 1 is 0.757 bits per heavy atom. The van der Waals surface area contributed by atoms with Crippen molar-refractivity contribution >= 4 is 5.97 Å². The van der Waals surface area contributed by atoms with E-state index in [0.29, 0.717) is 12.1 Å². The molecule has 214 valence electrons. The van der Waals surface area contributed by atoms with Crippen LogP contribution in [0.4, 0.5) is 65.9 Å². The topological polar surface area (TPSA) is 46.5 Å². The van der Waals surface area contributed by atoms with Gasteiger partial charge in [0.15, 0.2) is 0 Å². The number of rotatable bonds is 10. The highest BCUT2D eigenvalue weighted by atomic mass is 19.4. The highest BCUT2D eigenvalue weighted by Gasteiger charge is 2.93. The van der Waals surface area contributed by atoms with E-state index in [4.69, 9.17) is 0 Å². The molecular formula is C19H15F15O3. The van der Waals surface area contributed by atoms with Gasteiger partial charge in [0.05, 0.1) is 24.2 Å². The fraction of sp³-hybridized carbons (Fsp3) is 0.632. The van der Waals surface area contributed by atoms with Crippen LogP contribution in [0.1, 0.15) is 36.2 Å². The molecule has 0 fully saturated rings. The SMILES string of the molecule is CCOC(=O)c1cccc(C(C)(O)CC(F)(F)C(F)(F)C(F)(F)C(F)(F)C(F)(F)C(F)(F)C(F)(F)F)c1. The molecule has 0 aliphatic heterocycles. The van der Waals surface area contributed by atoms with Crippen molar-refractivity contribution in [3.63, 3.8) is 0 Å². The maximum absolute atomic E-state index is 14.2. The second-order valence-electron chi connectivity index (χ2n) is 7.83. The minimum Gasteiger partial charge on any atom is -0.462 e. The van der Waals surface area contributed by atoms with Gasteiger partial charge in [-0.05, 0) is 31.5 Å². The van der Waals surface area contributed by atoms with Gasteiger partial charge in [0.25, 0.3) is 0 Å². The van der Waals surface area contributed by atoms with Gasteiger partial charge in [0, 0.05) is 0 Å². The summed E-state index contributed by atoms with van der Waals surface area (Å²) in [5, 5.41) is 10.2. The van der Waals surface area contributed by atoms with Crippen molar-refractivity contribution in [3.8, 4) is 0 Å². The minimum atomic E-state index is -8.42. The number of aliphatic hydroxyl groups is 1. The minimum absolute atomic E-state index is 0.212. The number of hydrogen-bond donors (Lipinski definition) is 1. The number of esters is 1. The van der Waals surface area contributed by atoms with E-state index in [0.717, 1.165) is 12.1 Å². The Hall–Kier alpha value is -2.40. The summed E-state index contributed by atoms with van der Waals surface area (Å²) in [6, 6.07) is 2.97. The molecule has 0 spiro atoms. The highest BCUT2D eigenvalue weighted by Crippen LogP contribution is 2.63. The van der Waals surface area contributed by atoms with Crippen LogP contribution >= 0.6 is 0 Å². The number of alkyl halides is 15. The standard InChI is InChI=1S/C19H15F15O3/c1-3-37-11(35)9-5-4-6-10(7-9)12(2,36)8-13(20,21)14(22,23)15(24,25)16(26,27)17(28,29)18(30,31)19(32,33)34/h4-7,36H,3,8H2,1-2H3. The normalized spacial score (nSPS) is 16.4. The first-order chi connectivity index (χ1) is 16.2. The molecule has 18 heteroatoms. The molecule has 0 saturated heterocycles. The van der Waals surface area contributed by atoms with Crippen LogP contribution in [0.5, 0.6) is 0 Å². The summed E-state index contributed by atoms with van der Waals surface area (Å²) in [6.45, 7) is 1.31. The van der Waals surface area contributed by atoms with Crippen molar-refractivity contribution < 1.29 is 80.5 Å². The maximum Gasteiger partial charge on any atom is 0.460 e. The van der Waals surface area contributed by atoms with Gasteiger partial charge in [-0.25, -0.2) is 4.79 Å². The van der Waals surface area contributed by atoms with Gasteiger partial charge in [-0.3, -0.25) is 0 Å². The molecule has 1 aromatic carbocycles. The van der Waals surface area contributed by atoms with Crippen LogP contribution in [0.2, 0.25) is 0 Å². The van der Waals surface area contributed by atoms with E-state index in [-0.39, 0.29) is 13.5 Å². The number of ether oxygens (including phenoxy) is 1. The van der Waals surface area contributed by atoms with Gasteiger partial charge in [0.2, 0.25) is 0 Å². The summed E-state index contributed by atoms with van der Waals surface area (Å²) < 4.78 is 205. The van der Waals surface area contributed by atoms with Gasteiger partial charge in [0.1, 0.15) is 0 Å². The van der Waals surface area contributed by atoms with E-state index in [2.05, 4.69) is 4.74 Å². The van der Waals surface area contributed by atoms with Crippen molar-refractivity contribution in [3.05, 3.63) is 35.4 Å². The Bertz CT molecular complexity index is 983. The monoisotopic (exact) mass is 576 g/mol. The van der Waals surface area contributed by atoms with Crippen molar-refractivity contribution in [2.24, 2.45) is 0 Å². The zero-order valence-electron chi connectivity index (χ0n) is 18.2. The van der Waals surface area contributed by atoms with E-state index in [9.17, 15) is 75.8 Å². The Morgan fingerprint density at radius 3 is 1.62 bits per heavy atom. The quantitative estimate of drug-likeness (QED) is 0.245. The largest absolute Gasteiger partial charge is 0.462 e. The molecule has 0 saturated carbocycles. The Labute approximate surface area is 197 Å². The molecule has 1 N–H and O–H groups in total. The van der Waals surface area contributed by atoms with E-state index in [1.165, 1.54) is 6.92 Å². The summed E-state index contributed by atoms with van der Waals surface area (Å²) in [6.07, 6.45) is -10.7. The lowest BCUT2D eigenvalue weighted by atomic mass is 9.83. The Balaban J connectivity index is 3.53. The second kappa shape index (κ2) is 9.41. The zero-order chi connectivity index (χ0) is 29.7. The molecule has 0 heterocycles. The van der Waals surface area contributed by atoms with Gasteiger partial charge in [-0.1, -0.05) is 12.1 Å². The summed E-state index contributed by atoms with van der Waals surface area (Å²) in [5.41, 5.74) is -4.86. The summed E-state index contributed by atoms with van der Waals surface area (Å²) >= 11 is 0. The van der Waals surface area contributed by atoms with Crippen LogP contribution in [0, 0.1) is 0 Å². The first-order valence-corrected chi connectivity index (χ1v) is 9.49. The van der Waals surface area contributed by atoms with Crippen LogP contribution in [0.25, 0.3) is 0 Å². The number of benzene rings is 1. The van der Waals surface area contributed by atoms with Crippen LogP contribution < -0.4 is 0 Å². The molecule has 0 aliphatic carbocycles. The predicted octanol–water partition coefficient (Wildman–Crippen LogP) is 6.84. The number of halogens is 15.